The number of nitrogens with two attached hydrogens (primary N) is 1. The number of hydrogen-bond acceptors (Lipinski definition) is 2. The number of hydrogen-bond donors (Lipinski definition) is 2. The Balaban J connectivity index is 4.06. The maximum Gasteiger partial charge on any atom is 0 e. The normalized spacial score (nSPS) is 15.3. The molecular weight excluding hydrogens is 742 g/mol. The molecule has 0 aromatic carbocycles. The van der Waals surface area contributed by atoms with E-state index < -0.39 is 0 Å². The highest BCUT2D eigenvalue weighted by Crippen LogP contribution is 1.93. The highest BCUT2D eigenvalue weighted by Gasteiger charge is 1.75. The van der Waals surface area contributed by atoms with Crippen molar-refractivity contribution in [1.29, 1.82) is 5.53 Å². The third kappa shape index (κ3) is 41.4. The van der Waals surface area contributed by atoms with Gasteiger partial charge in [-0.1, -0.05) is 5.22 Å². The second-order valence-corrected chi connectivity index (χ2v) is 4.60. The highest BCUT2D eigenvalue weighted by atomic mass is 15.8. The Hall–Kier alpha value is -10.6. The minimum absolute atomic E-state index is 2.50. The Bertz CT molecular complexity index is 1690. The van der Waals surface area contributed by atoms with E-state index in [2.05, 4.69) is 272 Å². The molecule has 0 bridgehead atoms. The molecule has 268 valence electrons. The number of rotatable bonds is 25. The van der Waals surface area contributed by atoms with Gasteiger partial charge >= 0.3 is 0 Å². The summed E-state index contributed by atoms with van der Waals surface area (Å²) in [5.41, 5.74) is 6.25. The molecule has 0 unspecified atom stereocenters. The lowest BCUT2D eigenvalue weighted by Crippen LogP contribution is -1.70. The Labute approximate surface area is 278 Å². The van der Waals surface area contributed by atoms with E-state index in [-0.39, 0.29) is 0 Å². The predicted octanol–water partition coefficient (Wildman–Crippen LogP) is 9.07. The van der Waals surface area contributed by atoms with Crippen molar-refractivity contribution >= 4 is 0 Å². The summed E-state index contributed by atoms with van der Waals surface area (Å²) in [4.78, 5) is 0. The zero-order valence-electron chi connectivity index (χ0n) is 23.9. The van der Waals surface area contributed by atoms with E-state index in [0.717, 1.165) is 0 Å². The summed E-state index contributed by atoms with van der Waals surface area (Å²) in [5.74, 6) is 4.63. The second kappa shape index (κ2) is 41.4. The van der Waals surface area contributed by atoms with Gasteiger partial charge < -0.3 is 5.84 Å². The van der Waals surface area contributed by atoms with Crippen LogP contribution in [0.4, 0.5) is 0 Å². The van der Waals surface area contributed by atoms with Crippen LogP contribution in [0.1, 0.15) is 0 Å². The SMILES string of the molecule is N=N/N=N/N=N/N=N/N=N/N=N/N=N/N=N/N=N/N=N/N=N/N=N/N=N/N=N/N=N/N=N/N=N/N=N/N=N/N=N/N=N/N=N/N=N/N=N/N=N/N=N/N. The molecule has 0 spiro atoms. The van der Waals surface area contributed by atoms with Crippen molar-refractivity contribution in [1.82, 2.24) is 0 Å². The fourth-order valence-corrected chi connectivity index (χ4v) is 0.884. The van der Waals surface area contributed by atoms with Gasteiger partial charge in [0.25, 0.3) is 0 Å². The summed E-state index contributed by atoms with van der Waals surface area (Å²) in [6, 6.07) is 0. The third-order valence-corrected chi connectivity index (χ3v) is 2.02. The first-order valence-electron chi connectivity index (χ1n) is 10.5. The van der Waals surface area contributed by atoms with Crippen LogP contribution in [0.15, 0.2) is 266 Å². The van der Waals surface area contributed by atoms with Gasteiger partial charge in [0.1, 0.15) is 0 Å². The predicted molar refractivity (Wildman–Crippen MR) is 131 cm³/mol. The minimum atomic E-state index is 2.50. The summed E-state index contributed by atoms with van der Waals surface area (Å²) in [6.07, 6.45) is 0. The number of nitrogens with zero attached hydrogens (tertiary/aromatic N) is 51. The van der Waals surface area contributed by atoms with Crippen molar-refractivity contribution in [2.24, 2.45) is 272 Å². The van der Waals surface area contributed by atoms with Crippen LogP contribution in [0.2, 0.25) is 0 Å². The Morgan fingerprint density at radius 3 is 0.340 bits per heavy atom. The molecular formula is H3N53. The zero-order valence-corrected chi connectivity index (χ0v) is 23.9. The average molecular weight is 745 g/mol. The molecule has 0 aliphatic heterocycles. The van der Waals surface area contributed by atoms with E-state index in [1.807, 2.05) is 0 Å². The van der Waals surface area contributed by atoms with Crippen LogP contribution in [0.5, 0.6) is 0 Å². The first-order valence-corrected chi connectivity index (χ1v) is 10.5. The molecule has 0 aliphatic carbocycles. The quantitative estimate of drug-likeness (QED) is 0.0515. The summed E-state index contributed by atoms with van der Waals surface area (Å²) in [6.45, 7) is 0. The summed E-state index contributed by atoms with van der Waals surface area (Å²) >= 11 is 0. The van der Waals surface area contributed by atoms with Crippen molar-refractivity contribution < 1.29 is 0 Å². The molecule has 0 saturated carbocycles. The van der Waals surface area contributed by atoms with Gasteiger partial charge in [0.05, 0.1) is 0 Å². The van der Waals surface area contributed by atoms with Crippen molar-refractivity contribution in [3.63, 3.8) is 0 Å². The van der Waals surface area contributed by atoms with Gasteiger partial charge in [0, 0.05) is 183 Å². The lowest BCUT2D eigenvalue weighted by molar-refractivity contribution is 0.724. The van der Waals surface area contributed by atoms with Gasteiger partial charge in [-0.25, -0.2) is 0 Å². The van der Waals surface area contributed by atoms with E-state index in [9.17, 15) is 0 Å². The maximum absolute atomic E-state index is 6.25. The minimum Gasteiger partial charge on any atom is -0.303 e. The molecule has 53 nitrogen and oxygen atoms in total. The van der Waals surface area contributed by atoms with Gasteiger partial charge in [-0.2, -0.15) is 5.53 Å². The van der Waals surface area contributed by atoms with Crippen molar-refractivity contribution in [3.05, 3.63) is 0 Å². The van der Waals surface area contributed by atoms with E-state index in [0.29, 0.717) is 0 Å². The van der Waals surface area contributed by atoms with Crippen molar-refractivity contribution in [3.8, 4) is 0 Å². The lowest BCUT2D eigenvalue weighted by Gasteiger charge is -1.70. The average Bonchev–Trinajstić information content (AvgIpc) is 3.17. The van der Waals surface area contributed by atoms with Crippen LogP contribution >= 0.6 is 0 Å². The summed E-state index contributed by atoms with van der Waals surface area (Å²) in [7, 11) is 0. The smallest absolute Gasteiger partial charge is 0 e. The molecule has 0 heterocycles. The second-order valence-electron chi connectivity index (χ2n) is 4.60. The standard InChI is InChI=1S/H3N53/c1-3-5-7-9-11-13-15-17-19-21-23-25-27-29-31-33-35-37-39-41-43-45-47-49-51-53-52-50-48-46-44-42-40-38-36-34-32-30-28-26-24-22-20-18-16-14-12-10-8-6-4-2/h(H3,1,2,5,6,9,10,13,14,17,18,21,22,25,26,29,30,33,34,37,38,41,42,45,46,49,50,53). The van der Waals surface area contributed by atoms with Gasteiger partial charge in [-0.15, -0.1) is 0 Å². The van der Waals surface area contributed by atoms with Crippen molar-refractivity contribution in [2.75, 3.05) is 0 Å². The van der Waals surface area contributed by atoms with Gasteiger partial charge in [-0.05, 0) is 78.3 Å². The largest absolute Gasteiger partial charge is 0.303 e. The van der Waals surface area contributed by atoms with Gasteiger partial charge in [0.15, 0.2) is 0 Å². The van der Waals surface area contributed by atoms with Gasteiger partial charge in [0.2, 0.25) is 0 Å². The number of nitrogens with one attached hydrogen (secondary N) is 1. The molecule has 0 amide bonds. The van der Waals surface area contributed by atoms with Crippen LogP contribution in [0.3, 0.4) is 0 Å². The van der Waals surface area contributed by atoms with Gasteiger partial charge in [-0.3, -0.25) is 0 Å². The zero-order chi connectivity index (χ0) is 38.1. The molecule has 0 rings (SSSR count). The highest BCUT2D eigenvalue weighted by molar-refractivity contribution is 4.18. The lowest BCUT2D eigenvalue weighted by atomic mass is 12.3. The monoisotopic (exact) mass is 745 g/mol. The van der Waals surface area contributed by atoms with E-state index in [1.54, 1.807) is 0 Å². The molecule has 0 fully saturated rings. The molecule has 0 radical (unpaired) electrons. The van der Waals surface area contributed by atoms with Crippen LogP contribution < -0.4 is 5.84 Å². The molecule has 0 saturated heterocycles. The molecule has 0 aliphatic rings. The molecule has 0 aromatic heterocycles. The molecule has 0 aromatic rings. The molecule has 53 heavy (non-hydrogen) atoms. The molecule has 0 atom stereocenters. The Morgan fingerprint density at radius 1 is 0.151 bits per heavy atom. The molecule has 3 N–H and O–H groups in total. The maximum atomic E-state index is 6.25. The van der Waals surface area contributed by atoms with Crippen LogP contribution in [-0.4, -0.2) is 0 Å². The van der Waals surface area contributed by atoms with Crippen LogP contribution in [0, 0.1) is 5.53 Å². The summed E-state index contributed by atoms with van der Waals surface area (Å²) < 4.78 is 0. The Morgan fingerprint density at radius 2 is 0.245 bits per heavy atom. The van der Waals surface area contributed by atoms with E-state index in [1.165, 1.54) is 0 Å². The topological polar surface area (TPSA) is 680 Å². The fourth-order valence-electron chi connectivity index (χ4n) is 0.884. The summed E-state index contributed by atoms with van der Waals surface area (Å²) in [5, 5.41) is 151. The first-order chi connectivity index (χ1) is 26.4. The first kappa shape index (κ1) is 42.4. The van der Waals surface area contributed by atoms with Crippen LogP contribution in [-0.2, 0) is 0 Å². The Kier molecular flexibility index (Phi) is 33.1. The fraction of sp³-hybridized carbons (Fsp3) is 0. The molecule has 53 heteroatoms. The van der Waals surface area contributed by atoms with E-state index >= 15 is 0 Å². The van der Waals surface area contributed by atoms with E-state index in [4.69, 9.17) is 5.53 Å². The van der Waals surface area contributed by atoms with Crippen LogP contribution in [0.25, 0.3) is 0 Å². The van der Waals surface area contributed by atoms with Crippen molar-refractivity contribution in [2.45, 2.75) is 0 Å². The third-order valence-electron chi connectivity index (χ3n) is 2.02.